The highest BCUT2D eigenvalue weighted by Gasteiger charge is 2.18. The molecule has 0 saturated heterocycles. The van der Waals surface area contributed by atoms with Gasteiger partial charge in [0.15, 0.2) is 10.9 Å². The van der Waals surface area contributed by atoms with Gasteiger partial charge in [0.25, 0.3) is 0 Å². The monoisotopic (exact) mass is 301 g/mol. The number of nitrogen functional groups attached to an aromatic ring is 1. The van der Waals surface area contributed by atoms with Crippen LogP contribution < -0.4 is 5.73 Å². The van der Waals surface area contributed by atoms with Gasteiger partial charge in [-0.3, -0.25) is 4.79 Å². The van der Waals surface area contributed by atoms with Gasteiger partial charge in [0.2, 0.25) is 0 Å². The van der Waals surface area contributed by atoms with E-state index in [0.29, 0.717) is 16.5 Å². The molecule has 0 radical (unpaired) electrons. The van der Waals surface area contributed by atoms with Crippen LogP contribution in [0.4, 0.5) is 5.82 Å². The number of hydrogen-bond donors (Lipinski definition) is 1. The molecule has 0 bridgehead atoms. The molecule has 0 amide bonds. The van der Waals surface area contributed by atoms with Crippen molar-refractivity contribution in [2.45, 2.75) is 37.6 Å². The first-order valence-electron chi connectivity index (χ1n) is 6.90. The molecular formula is C16H19N3OS. The van der Waals surface area contributed by atoms with Crippen molar-refractivity contribution in [1.82, 2.24) is 9.97 Å². The number of aryl methyl sites for hydroxylation is 2. The average molecular weight is 301 g/mol. The zero-order valence-corrected chi connectivity index (χ0v) is 13.3. The largest absolute Gasteiger partial charge is 0.384 e. The molecule has 1 unspecified atom stereocenters. The van der Waals surface area contributed by atoms with E-state index in [0.717, 1.165) is 12.1 Å². The van der Waals surface area contributed by atoms with Gasteiger partial charge < -0.3 is 5.73 Å². The van der Waals surface area contributed by atoms with Crippen molar-refractivity contribution < 1.29 is 4.79 Å². The number of carbonyl (C=O) groups is 1. The molecule has 0 fully saturated rings. The predicted octanol–water partition coefficient (Wildman–Crippen LogP) is 3.29. The summed E-state index contributed by atoms with van der Waals surface area (Å²) in [6.07, 6.45) is 0.967. The minimum absolute atomic E-state index is 0.0753. The second-order valence-electron chi connectivity index (χ2n) is 4.89. The van der Waals surface area contributed by atoms with E-state index in [2.05, 4.69) is 16.9 Å². The van der Waals surface area contributed by atoms with Crippen molar-refractivity contribution in [1.29, 1.82) is 0 Å². The lowest BCUT2D eigenvalue weighted by atomic mass is 10.1. The first-order chi connectivity index (χ1) is 9.99. The Morgan fingerprint density at radius 1 is 1.29 bits per heavy atom. The van der Waals surface area contributed by atoms with E-state index in [1.807, 2.05) is 38.1 Å². The van der Waals surface area contributed by atoms with Crippen LogP contribution in [0.25, 0.3) is 0 Å². The Morgan fingerprint density at radius 3 is 2.52 bits per heavy atom. The first-order valence-corrected chi connectivity index (χ1v) is 7.78. The number of Topliss-reactive ketones (excluding diaryl/α,β-unsaturated/α-hetero) is 1. The summed E-state index contributed by atoms with van der Waals surface area (Å²) < 4.78 is 0. The molecule has 2 N–H and O–H groups in total. The van der Waals surface area contributed by atoms with Crippen LogP contribution >= 0.6 is 11.8 Å². The average Bonchev–Trinajstić information content (AvgIpc) is 2.45. The SMILES string of the molecule is CCc1ccc(C(=O)C(C)Sc2nc(C)cc(N)n2)cc1. The topological polar surface area (TPSA) is 68.9 Å². The Morgan fingerprint density at radius 2 is 1.95 bits per heavy atom. The molecule has 0 aliphatic rings. The third-order valence-corrected chi connectivity index (χ3v) is 4.11. The molecule has 1 atom stereocenters. The van der Waals surface area contributed by atoms with Crippen molar-refractivity contribution in [2.75, 3.05) is 5.73 Å². The number of rotatable bonds is 5. The Hall–Kier alpha value is -1.88. The van der Waals surface area contributed by atoms with Crippen molar-refractivity contribution in [3.63, 3.8) is 0 Å². The minimum Gasteiger partial charge on any atom is -0.384 e. The van der Waals surface area contributed by atoms with Gasteiger partial charge in [-0.2, -0.15) is 0 Å². The predicted molar refractivity (Wildman–Crippen MR) is 86.7 cm³/mol. The van der Waals surface area contributed by atoms with E-state index in [1.54, 1.807) is 6.07 Å². The molecule has 0 aliphatic heterocycles. The molecule has 2 aromatic rings. The summed E-state index contributed by atoms with van der Waals surface area (Å²) in [7, 11) is 0. The van der Waals surface area contributed by atoms with Gasteiger partial charge in [-0.25, -0.2) is 9.97 Å². The van der Waals surface area contributed by atoms with Crippen LogP contribution in [-0.2, 0) is 6.42 Å². The summed E-state index contributed by atoms with van der Waals surface area (Å²) in [5.74, 6) is 0.503. The van der Waals surface area contributed by atoms with Gasteiger partial charge >= 0.3 is 0 Å². The van der Waals surface area contributed by atoms with E-state index >= 15 is 0 Å². The van der Waals surface area contributed by atoms with Gasteiger partial charge in [-0.05, 0) is 25.8 Å². The molecule has 0 spiro atoms. The molecule has 1 aromatic carbocycles. The number of benzene rings is 1. The van der Waals surface area contributed by atoms with Crippen LogP contribution in [0.15, 0.2) is 35.5 Å². The van der Waals surface area contributed by atoms with Crippen molar-refractivity contribution in [2.24, 2.45) is 0 Å². The summed E-state index contributed by atoms with van der Waals surface area (Å²) in [5.41, 5.74) is 8.45. The fourth-order valence-electron chi connectivity index (χ4n) is 1.97. The second kappa shape index (κ2) is 6.72. The van der Waals surface area contributed by atoms with Gasteiger partial charge in [0.05, 0.1) is 5.25 Å². The number of hydrogen-bond acceptors (Lipinski definition) is 5. The van der Waals surface area contributed by atoms with E-state index in [-0.39, 0.29) is 11.0 Å². The maximum absolute atomic E-state index is 12.4. The molecule has 110 valence electrons. The summed E-state index contributed by atoms with van der Waals surface area (Å²) in [6, 6.07) is 9.45. The van der Waals surface area contributed by atoms with Crippen LogP contribution in [-0.4, -0.2) is 21.0 Å². The van der Waals surface area contributed by atoms with Gasteiger partial charge in [0.1, 0.15) is 5.82 Å². The molecular weight excluding hydrogens is 282 g/mol. The highest BCUT2D eigenvalue weighted by atomic mass is 32.2. The Balaban J connectivity index is 2.11. The molecule has 2 rings (SSSR count). The first kappa shape index (κ1) is 15.5. The molecule has 4 nitrogen and oxygen atoms in total. The molecule has 21 heavy (non-hydrogen) atoms. The number of nitrogens with two attached hydrogens (primary N) is 1. The van der Waals surface area contributed by atoms with E-state index in [4.69, 9.17) is 5.73 Å². The standard InChI is InChI=1S/C16H19N3OS/c1-4-12-5-7-13(8-6-12)15(20)11(3)21-16-18-10(2)9-14(17)19-16/h5-9,11H,4H2,1-3H3,(H2,17,18,19). The molecule has 1 heterocycles. The maximum Gasteiger partial charge on any atom is 0.190 e. The molecule has 0 saturated carbocycles. The summed E-state index contributed by atoms with van der Waals surface area (Å²) in [5, 5.41) is 0.289. The number of anilines is 1. The van der Waals surface area contributed by atoms with Crippen LogP contribution in [0, 0.1) is 6.92 Å². The minimum atomic E-state index is -0.251. The number of nitrogens with zero attached hydrogens (tertiary/aromatic N) is 2. The molecule has 1 aromatic heterocycles. The Kier molecular flexibility index (Phi) is 4.96. The number of aromatic nitrogens is 2. The third-order valence-electron chi connectivity index (χ3n) is 3.15. The second-order valence-corrected chi connectivity index (χ2v) is 6.20. The lowest BCUT2D eigenvalue weighted by Gasteiger charge is -2.10. The van der Waals surface area contributed by atoms with E-state index in [9.17, 15) is 4.79 Å². The zero-order chi connectivity index (χ0) is 15.4. The van der Waals surface area contributed by atoms with Gasteiger partial charge in [0, 0.05) is 17.3 Å². The quantitative estimate of drug-likeness (QED) is 0.521. The molecule has 5 heteroatoms. The zero-order valence-electron chi connectivity index (χ0n) is 12.5. The number of carbonyl (C=O) groups excluding carboxylic acids is 1. The smallest absolute Gasteiger partial charge is 0.190 e. The van der Waals surface area contributed by atoms with E-state index < -0.39 is 0 Å². The normalized spacial score (nSPS) is 12.1. The van der Waals surface area contributed by atoms with Crippen molar-refractivity contribution in [3.05, 3.63) is 47.2 Å². The van der Waals surface area contributed by atoms with E-state index in [1.165, 1.54) is 17.3 Å². The van der Waals surface area contributed by atoms with Crippen LogP contribution in [0.5, 0.6) is 0 Å². The van der Waals surface area contributed by atoms with Gasteiger partial charge in [-0.15, -0.1) is 0 Å². The van der Waals surface area contributed by atoms with Crippen LogP contribution in [0.1, 0.15) is 35.5 Å². The van der Waals surface area contributed by atoms with Crippen LogP contribution in [0.3, 0.4) is 0 Å². The van der Waals surface area contributed by atoms with Crippen molar-refractivity contribution in [3.8, 4) is 0 Å². The third kappa shape index (κ3) is 4.04. The summed E-state index contributed by atoms with van der Waals surface area (Å²) in [6.45, 7) is 5.81. The van der Waals surface area contributed by atoms with Crippen molar-refractivity contribution >= 4 is 23.4 Å². The lowest BCUT2D eigenvalue weighted by molar-refractivity contribution is 0.0994. The van der Waals surface area contributed by atoms with Gasteiger partial charge in [-0.1, -0.05) is 43.0 Å². The highest BCUT2D eigenvalue weighted by molar-refractivity contribution is 8.00. The highest BCUT2D eigenvalue weighted by Crippen LogP contribution is 2.23. The van der Waals surface area contributed by atoms with Crippen LogP contribution in [0.2, 0.25) is 0 Å². The fraction of sp³-hybridized carbons (Fsp3) is 0.312. The summed E-state index contributed by atoms with van der Waals surface area (Å²) >= 11 is 1.33. The number of thioether (sulfide) groups is 1. The Labute approximate surface area is 129 Å². The Bertz CT molecular complexity index is 620. The molecule has 0 aliphatic carbocycles. The number of ketones is 1. The maximum atomic E-state index is 12.4. The summed E-state index contributed by atoms with van der Waals surface area (Å²) in [4.78, 5) is 20.9. The lowest BCUT2D eigenvalue weighted by Crippen LogP contribution is -2.14. The fourth-order valence-corrected chi connectivity index (χ4v) is 2.88.